The van der Waals surface area contributed by atoms with Crippen LogP contribution in [0, 0.1) is 0 Å². The van der Waals surface area contributed by atoms with E-state index in [1.54, 1.807) is 0 Å². The number of aromatic nitrogens is 2. The minimum Gasteiger partial charge on any atom is -0.494 e. The Morgan fingerprint density at radius 1 is 1.11 bits per heavy atom. The summed E-state index contributed by atoms with van der Waals surface area (Å²) in [5.74, 6) is 1.57. The van der Waals surface area contributed by atoms with Crippen molar-refractivity contribution in [1.29, 1.82) is 0 Å². The molecule has 1 unspecified atom stereocenters. The molecule has 2 N–H and O–H groups in total. The number of rotatable bonds is 11. The van der Waals surface area contributed by atoms with Gasteiger partial charge in [-0.25, -0.2) is 14.8 Å². The van der Waals surface area contributed by atoms with E-state index in [-0.39, 0.29) is 5.97 Å². The first kappa shape index (κ1) is 25.0. The number of para-hydroxylation sites is 1. The lowest BCUT2D eigenvalue weighted by Gasteiger charge is -2.17. The van der Waals surface area contributed by atoms with E-state index >= 15 is 0 Å². The number of carbonyl (C=O) groups is 1. The number of nitrogens with one attached hydrogen (secondary N) is 2. The minimum atomic E-state index is -0.522. The molecule has 2 aromatic heterocycles. The third kappa shape index (κ3) is 6.57. The number of nitrogens with zero attached hydrogens (tertiary/aromatic N) is 2. The molecule has 7 nitrogen and oxygen atoms in total. The molecule has 0 saturated carbocycles. The summed E-state index contributed by atoms with van der Waals surface area (Å²) in [5, 5.41) is 7.39. The maximum absolute atomic E-state index is 12.7. The van der Waals surface area contributed by atoms with Crippen molar-refractivity contribution in [2.45, 2.75) is 45.1 Å². The van der Waals surface area contributed by atoms with Gasteiger partial charge < -0.3 is 20.1 Å². The molecule has 1 atom stereocenters. The number of pyridine rings is 1. The van der Waals surface area contributed by atoms with Gasteiger partial charge in [0, 0.05) is 18.7 Å². The van der Waals surface area contributed by atoms with Crippen LogP contribution in [0.2, 0.25) is 0 Å². The van der Waals surface area contributed by atoms with E-state index in [2.05, 4.69) is 27.8 Å². The second kappa shape index (κ2) is 12.1. The van der Waals surface area contributed by atoms with Crippen molar-refractivity contribution in [2.24, 2.45) is 0 Å². The summed E-state index contributed by atoms with van der Waals surface area (Å²) >= 11 is 1.53. The molecule has 0 aliphatic carbocycles. The van der Waals surface area contributed by atoms with E-state index in [0.29, 0.717) is 24.8 Å². The predicted molar refractivity (Wildman–Crippen MR) is 149 cm³/mol. The van der Waals surface area contributed by atoms with Crippen molar-refractivity contribution in [1.82, 2.24) is 9.97 Å². The van der Waals surface area contributed by atoms with Gasteiger partial charge in [0.15, 0.2) is 5.13 Å². The van der Waals surface area contributed by atoms with E-state index in [9.17, 15) is 4.79 Å². The maximum Gasteiger partial charge on any atom is 0.328 e. The zero-order chi connectivity index (χ0) is 25.5. The molecule has 0 fully saturated rings. The molecular formula is C29H32N4O3S. The Morgan fingerprint density at radius 3 is 2.81 bits per heavy atom. The highest BCUT2D eigenvalue weighted by atomic mass is 32.1. The lowest BCUT2D eigenvalue weighted by Crippen LogP contribution is -2.33. The topological polar surface area (TPSA) is 85.4 Å². The number of ether oxygens (including phenoxy) is 2. The van der Waals surface area contributed by atoms with Gasteiger partial charge in [0.2, 0.25) is 0 Å². The zero-order valence-corrected chi connectivity index (χ0v) is 21.9. The molecule has 192 valence electrons. The van der Waals surface area contributed by atoms with Gasteiger partial charge in [0.25, 0.3) is 0 Å². The van der Waals surface area contributed by atoms with Crippen molar-refractivity contribution in [3.05, 3.63) is 77.5 Å². The molecule has 0 amide bonds. The van der Waals surface area contributed by atoms with Crippen LogP contribution in [0.4, 0.5) is 10.9 Å². The molecule has 5 rings (SSSR count). The molecule has 4 aromatic rings. The fourth-order valence-corrected chi connectivity index (χ4v) is 5.35. The molecule has 0 spiro atoms. The molecule has 37 heavy (non-hydrogen) atoms. The monoisotopic (exact) mass is 516 g/mol. The second-order valence-corrected chi connectivity index (χ2v) is 10.1. The quantitative estimate of drug-likeness (QED) is 0.197. The summed E-state index contributed by atoms with van der Waals surface area (Å²) in [6.45, 7) is 3.77. The normalized spacial score (nSPS) is 13.4. The van der Waals surface area contributed by atoms with E-state index in [1.807, 2.05) is 55.5 Å². The van der Waals surface area contributed by atoms with Crippen LogP contribution >= 0.6 is 11.3 Å². The van der Waals surface area contributed by atoms with E-state index in [0.717, 1.165) is 58.8 Å². The number of benzene rings is 2. The lowest BCUT2D eigenvalue weighted by molar-refractivity contribution is -0.144. The number of hydrogen-bond acceptors (Lipinski definition) is 8. The highest BCUT2D eigenvalue weighted by Crippen LogP contribution is 2.27. The zero-order valence-electron chi connectivity index (χ0n) is 21.0. The Labute approximate surface area is 221 Å². The van der Waals surface area contributed by atoms with Crippen molar-refractivity contribution >= 4 is 38.5 Å². The number of anilines is 2. The minimum absolute atomic E-state index is 0.284. The summed E-state index contributed by atoms with van der Waals surface area (Å²) < 4.78 is 12.4. The Balaban J connectivity index is 1.14. The average Bonchev–Trinajstić information content (AvgIpc) is 3.34. The maximum atomic E-state index is 12.7. The smallest absolute Gasteiger partial charge is 0.328 e. The fraction of sp³-hybridized carbons (Fsp3) is 0.345. The number of hydrogen-bond donors (Lipinski definition) is 2. The van der Waals surface area contributed by atoms with Crippen molar-refractivity contribution in [3.8, 4) is 5.75 Å². The third-order valence-electron chi connectivity index (χ3n) is 6.32. The van der Waals surface area contributed by atoms with Crippen LogP contribution < -0.4 is 15.4 Å². The van der Waals surface area contributed by atoms with Crippen LogP contribution in [-0.4, -0.2) is 41.7 Å². The van der Waals surface area contributed by atoms with Gasteiger partial charge in [0.05, 0.1) is 23.4 Å². The molecule has 1 aliphatic rings. The highest BCUT2D eigenvalue weighted by Gasteiger charge is 2.22. The first-order valence-electron chi connectivity index (χ1n) is 12.9. The summed E-state index contributed by atoms with van der Waals surface area (Å²) in [7, 11) is 0. The van der Waals surface area contributed by atoms with Gasteiger partial charge in [0.1, 0.15) is 17.6 Å². The fourth-order valence-electron chi connectivity index (χ4n) is 4.43. The molecule has 3 heterocycles. The SMILES string of the molecule is CCOC(=O)C(Cc1ccc(OCCCc2ccc3c(n2)NCCC3)cc1)Nc1nc2ccccc2s1. The van der Waals surface area contributed by atoms with Crippen LogP contribution in [0.1, 0.15) is 36.6 Å². The standard InChI is InChI=1S/C29H32N4O3S/c1-2-35-28(34)25(33-29-32-24-9-3-4-10-26(24)37-29)19-20-11-15-23(16-12-20)36-18-6-8-22-14-13-21-7-5-17-30-27(21)31-22/h3-4,9-16,25H,2,5-8,17-19H2,1H3,(H,30,31)(H,32,33). The lowest BCUT2D eigenvalue weighted by atomic mass is 10.1. The summed E-state index contributed by atoms with van der Waals surface area (Å²) in [4.78, 5) is 22.0. The molecule has 2 aromatic carbocycles. The summed E-state index contributed by atoms with van der Waals surface area (Å²) in [5.41, 5.74) is 4.34. The highest BCUT2D eigenvalue weighted by molar-refractivity contribution is 7.22. The summed E-state index contributed by atoms with van der Waals surface area (Å²) in [6, 6.07) is 19.6. The first-order valence-corrected chi connectivity index (χ1v) is 13.7. The molecule has 8 heteroatoms. The molecule has 0 bridgehead atoms. The Hall–Kier alpha value is -3.65. The molecule has 0 radical (unpaired) electrons. The Morgan fingerprint density at radius 2 is 1.97 bits per heavy atom. The second-order valence-electron chi connectivity index (χ2n) is 9.08. The molecule has 0 saturated heterocycles. The summed E-state index contributed by atoms with van der Waals surface area (Å²) in [6.07, 6.45) is 4.54. The average molecular weight is 517 g/mol. The van der Waals surface area contributed by atoms with Crippen molar-refractivity contribution < 1.29 is 14.3 Å². The number of aryl methyl sites for hydroxylation is 2. The van der Waals surface area contributed by atoms with Gasteiger partial charge in [-0.1, -0.05) is 41.7 Å². The van der Waals surface area contributed by atoms with Gasteiger partial charge in [-0.3, -0.25) is 0 Å². The van der Waals surface area contributed by atoms with Crippen LogP contribution in [-0.2, 0) is 28.8 Å². The van der Waals surface area contributed by atoms with E-state index in [4.69, 9.17) is 14.5 Å². The van der Waals surface area contributed by atoms with Crippen LogP contribution in [0.5, 0.6) is 5.75 Å². The van der Waals surface area contributed by atoms with Gasteiger partial charge in [-0.05, 0) is 74.1 Å². The van der Waals surface area contributed by atoms with Gasteiger partial charge in [-0.15, -0.1) is 0 Å². The van der Waals surface area contributed by atoms with Crippen LogP contribution in [0.15, 0.2) is 60.7 Å². The Kier molecular flexibility index (Phi) is 8.15. The van der Waals surface area contributed by atoms with E-state index in [1.165, 1.54) is 23.3 Å². The Bertz CT molecular complexity index is 1310. The third-order valence-corrected chi connectivity index (χ3v) is 7.29. The van der Waals surface area contributed by atoms with Gasteiger partial charge in [-0.2, -0.15) is 0 Å². The van der Waals surface area contributed by atoms with Crippen molar-refractivity contribution in [3.63, 3.8) is 0 Å². The van der Waals surface area contributed by atoms with Crippen molar-refractivity contribution in [2.75, 3.05) is 30.4 Å². The predicted octanol–water partition coefficient (Wildman–Crippen LogP) is 5.65. The number of esters is 1. The number of fused-ring (bicyclic) bond motifs is 2. The van der Waals surface area contributed by atoms with Crippen LogP contribution in [0.3, 0.4) is 0 Å². The molecule has 1 aliphatic heterocycles. The number of carbonyl (C=O) groups excluding carboxylic acids is 1. The number of thiazole rings is 1. The van der Waals surface area contributed by atoms with E-state index < -0.39 is 6.04 Å². The van der Waals surface area contributed by atoms with Gasteiger partial charge >= 0.3 is 5.97 Å². The first-order chi connectivity index (χ1) is 18.2. The van der Waals surface area contributed by atoms with Crippen LogP contribution in [0.25, 0.3) is 10.2 Å². The molecular weight excluding hydrogens is 484 g/mol. The largest absolute Gasteiger partial charge is 0.494 e.